The number of amides is 1. The fourth-order valence-electron chi connectivity index (χ4n) is 2.35. The Labute approximate surface area is 122 Å². The Morgan fingerprint density at radius 1 is 1.48 bits per heavy atom. The molecular weight excluding hydrogens is 274 g/mol. The summed E-state index contributed by atoms with van der Waals surface area (Å²) in [4.78, 5) is 28.1. The predicted octanol–water partition coefficient (Wildman–Crippen LogP) is 0.788. The quantitative estimate of drug-likeness (QED) is 0.455. The van der Waals surface area contributed by atoms with Gasteiger partial charge in [0.25, 0.3) is 11.6 Å². The van der Waals surface area contributed by atoms with Crippen LogP contribution in [0.4, 0.5) is 11.5 Å². The van der Waals surface area contributed by atoms with Gasteiger partial charge in [-0.25, -0.2) is 4.98 Å². The molecule has 0 bridgehead atoms. The lowest BCUT2D eigenvalue weighted by atomic mass is 10.2. The molecular formula is C13H19N5O3. The fraction of sp³-hybridized carbons (Fsp3) is 0.538. The zero-order valence-electron chi connectivity index (χ0n) is 11.7. The maximum atomic E-state index is 12.0. The van der Waals surface area contributed by atoms with Crippen LogP contribution in [0.2, 0.25) is 0 Å². The molecule has 1 saturated heterocycles. The van der Waals surface area contributed by atoms with E-state index in [1.807, 2.05) is 0 Å². The highest BCUT2D eigenvalue weighted by atomic mass is 16.6. The average molecular weight is 293 g/mol. The average Bonchev–Trinajstić information content (AvgIpc) is 2.96. The molecule has 21 heavy (non-hydrogen) atoms. The smallest absolute Gasteiger partial charge is 0.288 e. The van der Waals surface area contributed by atoms with E-state index in [1.54, 1.807) is 0 Å². The van der Waals surface area contributed by atoms with Crippen LogP contribution >= 0.6 is 0 Å². The molecule has 0 unspecified atom stereocenters. The standard InChI is InChI=1S/C13H19N5O3/c14-12-11(8-10(9-16-12)18(20)21)13(19)15-4-3-7-17-5-1-2-6-17/h8-9H,1-7H2,(H2,14,16)(H,15,19). The highest BCUT2D eigenvalue weighted by Gasteiger charge is 2.16. The SMILES string of the molecule is Nc1ncc([N+](=O)[O-])cc1C(=O)NCCCN1CCCC1. The molecule has 0 saturated carbocycles. The van der Waals surface area contributed by atoms with Gasteiger partial charge in [0.15, 0.2) is 0 Å². The molecule has 1 amide bonds. The van der Waals surface area contributed by atoms with Crippen molar-refractivity contribution in [3.8, 4) is 0 Å². The number of hydrogen-bond acceptors (Lipinski definition) is 6. The van der Waals surface area contributed by atoms with Crippen LogP contribution in [0.3, 0.4) is 0 Å². The zero-order chi connectivity index (χ0) is 15.2. The first-order chi connectivity index (χ1) is 10.1. The van der Waals surface area contributed by atoms with Crippen molar-refractivity contribution in [2.75, 3.05) is 31.9 Å². The molecule has 1 fully saturated rings. The highest BCUT2D eigenvalue weighted by molar-refractivity contribution is 5.98. The number of nitrogens with two attached hydrogens (primary N) is 1. The minimum atomic E-state index is -0.601. The number of anilines is 1. The van der Waals surface area contributed by atoms with Crippen molar-refractivity contribution >= 4 is 17.4 Å². The Balaban J connectivity index is 1.84. The number of likely N-dealkylation sites (tertiary alicyclic amines) is 1. The lowest BCUT2D eigenvalue weighted by Gasteiger charge is -2.14. The lowest BCUT2D eigenvalue weighted by molar-refractivity contribution is -0.385. The van der Waals surface area contributed by atoms with E-state index >= 15 is 0 Å². The summed E-state index contributed by atoms with van der Waals surface area (Å²) < 4.78 is 0. The number of nitrogens with one attached hydrogen (secondary N) is 1. The van der Waals surface area contributed by atoms with E-state index < -0.39 is 10.8 Å². The van der Waals surface area contributed by atoms with Crippen LogP contribution < -0.4 is 11.1 Å². The number of nitrogen functional groups attached to an aromatic ring is 1. The fourth-order valence-corrected chi connectivity index (χ4v) is 2.35. The van der Waals surface area contributed by atoms with Gasteiger partial charge in [0.05, 0.1) is 10.5 Å². The second-order valence-electron chi connectivity index (χ2n) is 5.04. The third kappa shape index (κ3) is 4.12. The van der Waals surface area contributed by atoms with Gasteiger partial charge >= 0.3 is 0 Å². The Morgan fingerprint density at radius 3 is 2.86 bits per heavy atom. The van der Waals surface area contributed by atoms with Gasteiger partial charge in [0.2, 0.25) is 0 Å². The lowest BCUT2D eigenvalue weighted by Crippen LogP contribution is -2.29. The second-order valence-corrected chi connectivity index (χ2v) is 5.04. The van der Waals surface area contributed by atoms with E-state index in [1.165, 1.54) is 12.8 Å². The van der Waals surface area contributed by atoms with Crippen molar-refractivity contribution < 1.29 is 9.72 Å². The summed E-state index contributed by atoms with van der Waals surface area (Å²) in [5.74, 6) is -0.428. The van der Waals surface area contributed by atoms with E-state index in [0.29, 0.717) is 6.54 Å². The van der Waals surface area contributed by atoms with Gasteiger partial charge in [-0.1, -0.05) is 0 Å². The summed E-state index contributed by atoms with van der Waals surface area (Å²) in [6.07, 6.45) is 4.36. The number of rotatable bonds is 6. The summed E-state index contributed by atoms with van der Waals surface area (Å²) in [7, 11) is 0. The molecule has 2 rings (SSSR count). The van der Waals surface area contributed by atoms with E-state index in [-0.39, 0.29) is 17.1 Å². The van der Waals surface area contributed by atoms with Gasteiger partial charge in [-0.15, -0.1) is 0 Å². The van der Waals surface area contributed by atoms with E-state index in [2.05, 4.69) is 15.2 Å². The van der Waals surface area contributed by atoms with Gasteiger partial charge in [-0.05, 0) is 38.9 Å². The summed E-state index contributed by atoms with van der Waals surface area (Å²) in [5.41, 5.74) is 5.39. The monoisotopic (exact) mass is 293 g/mol. The largest absolute Gasteiger partial charge is 0.383 e. The number of aromatic nitrogens is 1. The molecule has 0 spiro atoms. The Kier molecular flexibility index (Phi) is 5.04. The predicted molar refractivity (Wildman–Crippen MR) is 77.9 cm³/mol. The third-order valence-corrected chi connectivity index (χ3v) is 3.49. The van der Waals surface area contributed by atoms with Crippen molar-refractivity contribution in [3.63, 3.8) is 0 Å². The zero-order valence-corrected chi connectivity index (χ0v) is 11.7. The Bertz CT molecular complexity index is 529. The van der Waals surface area contributed by atoms with E-state index in [9.17, 15) is 14.9 Å². The molecule has 1 aromatic heterocycles. The van der Waals surface area contributed by atoms with Crippen LogP contribution in [0.1, 0.15) is 29.6 Å². The second kappa shape index (κ2) is 6.98. The van der Waals surface area contributed by atoms with Crippen molar-refractivity contribution in [3.05, 3.63) is 27.9 Å². The molecule has 0 aromatic carbocycles. The van der Waals surface area contributed by atoms with Gasteiger partial charge in [-0.3, -0.25) is 14.9 Å². The molecule has 8 nitrogen and oxygen atoms in total. The van der Waals surface area contributed by atoms with Crippen LogP contribution in [0, 0.1) is 10.1 Å². The molecule has 2 heterocycles. The summed E-state index contributed by atoms with van der Waals surface area (Å²) in [6.45, 7) is 3.70. The molecule has 8 heteroatoms. The van der Waals surface area contributed by atoms with Gasteiger partial charge in [0.1, 0.15) is 12.0 Å². The molecule has 1 aromatic rings. The molecule has 1 aliphatic heterocycles. The molecule has 3 N–H and O–H groups in total. The van der Waals surface area contributed by atoms with Crippen molar-refractivity contribution in [1.82, 2.24) is 15.2 Å². The van der Waals surface area contributed by atoms with E-state index in [0.717, 1.165) is 38.3 Å². The normalized spacial score (nSPS) is 15.0. The van der Waals surface area contributed by atoms with Crippen LogP contribution in [-0.4, -0.2) is 46.9 Å². The molecule has 114 valence electrons. The molecule has 0 radical (unpaired) electrons. The highest BCUT2D eigenvalue weighted by Crippen LogP contribution is 2.16. The number of carbonyl (C=O) groups excluding carboxylic acids is 1. The van der Waals surface area contributed by atoms with Gasteiger partial charge in [-0.2, -0.15) is 0 Å². The molecule has 1 aliphatic rings. The first-order valence-corrected chi connectivity index (χ1v) is 6.98. The van der Waals surface area contributed by atoms with Gasteiger partial charge in [0, 0.05) is 12.6 Å². The first kappa shape index (κ1) is 15.2. The van der Waals surface area contributed by atoms with Crippen molar-refractivity contribution in [2.45, 2.75) is 19.3 Å². The minimum absolute atomic E-state index is 0.00218. The summed E-state index contributed by atoms with van der Waals surface area (Å²) in [5, 5.41) is 13.4. The van der Waals surface area contributed by atoms with Crippen molar-refractivity contribution in [1.29, 1.82) is 0 Å². The number of carbonyl (C=O) groups is 1. The Hall–Kier alpha value is -2.22. The minimum Gasteiger partial charge on any atom is -0.383 e. The summed E-state index contributed by atoms with van der Waals surface area (Å²) >= 11 is 0. The maximum Gasteiger partial charge on any atom is 0.288 e. The van der Waals surface area contributed by atoms with Crippen LogP contribution in [0.15, 0.2) is 12.3 Å². The number of nitrogens with zero attached hydrogens (tertiary/aromatic N) is 3. The topological polar surface area (TPSA) is 114 Å². The number of nitro groups is 1. The van der Waals surface area contributed by atoms with Crippen LogP contribution in [0.5, 0.6) is 0 Å². The number of hydrogen-bond donors (Lipinski definition) is 2. The summed E-state index contributed by atoms with van der Waals surface area (Å²) in [6, 6.07) is 1.15. The van der Waals surface area contributed by atoms with E-state index in [4.69, 9.17) is 5.73 Å². The molecule has 0 atom stereocenters. The van der Waals surface area contributed by atoms with Crippen LogP contribution in [0.25, 0.3) is 0 Å². The third-order valence-electron chi connectivity index (χ3n) is 3.49. The van der Waals surface area contributed by atoms with Gasteiger partial charge < -0.3 is 16.0 Å². The maximum absolute atomic E-state index is 12.0. The number of pyridine rings is 1. The van der Waals surface area contributed by atoms with Crippen molar-refractivity contribution in [2.24, 2.45) is 0 Å². The first-order valence-electron chi connectivity index (χ1n) is 6.98. The Morgan fingerprint density at radius 2 is 2.19 bits per heavy atom. The van der Waals surface area contributed by atoms with Crippen LogP contribution in [-0.2, 0) is 0 Å². The molecule has 0 aliphatic carbocycles.